The maximum Gasteiger partial charge on any atom is 0.185 e. The summed E-state index contributed by atoms with van der Waals surface area (Å²) >= 11 is 11.8. The molecule has 16 heavy (non-hydrogen) atoms. The molecule has 0 fully saturated rings. The standard InChI is InChI=1S/C11H8Cl2N2O/c1-2-3-15-10-5-8(13)7(12)4-9(10)14-11(15)6-16/h2,4-6H,1,3H2. The number of fused-ring (bicyclic) bond motifs is 1. The number of rotatable bonds is 3. The molecule has 0 aliphatic rings. The zero-order valence-electron chi connectivity index (χ0n) is 8.28. The van der Waals surface area contributed by atoms with Gasteiger partial charge in [-0.1, -0.05) is 29.3 Å². The quantitative estimate of drug-likeness (QED) is 0.622. The van der Waals surface area contributed by atoms with Crippen molar-refractivity contribution in [3.05, 3.63) is 40.7 Å². The molecule has 0 radical (unpaired) electrons. The highest BCUT2D eigenvalue weighted by Gasteiger charge is 2.11. The molecule has 0 N–H and O–H groups in total. The molecule has 0 unspecified atom stereocenters. The zero-order chi connectivity index (χ0) is 11.7. The molecule has 0 saturated heterocycles. The van der Waals surface area contributed by atoms with Crippen LogP contribution in [0.2, 0.25) is 10.0 Å². The highest BCUT2D eigenvalue weighted by atomic mass is 35.5. The van der Waals surface area contributed by atoms with Crippen molar-refractivity contribution in [2.75, 3.05) is 0 Å². The van der Waals surface area contributed by atoms with Crippen LogP contribution in [0.4, 0.5) is 0 Å². The second-order valence-corrected chi connectivity index (χ2v) is 4.06. The van der Waals surface area contributed by atoms with Crippen LogP contribution in [0, 0.1) is 0 Å². The second-order valence-electron chi connectivity index (χ2n) is 3.24. The summed E-state index contributed by atoms with van der Waals surface area (Å²) in [7, 11) is 0. The highest BCUT2D eigenvalue weighted by Crippen LogP contribution is 2.28. The molecule has 1 aromatic carbocycles. The topological polar surface area (TPSA) is 34.9 Å². The number of imidazole rings is 1. The lowest BCUT2D eigenvalue weighted by Gasteiger charge is -2.02. The van der Waals surface area contributed by atoms with E-state index in [2.05, 4.69) is 11.6 Å². The van der Waals surface area contributed by atoms with Crippen LogP contribution in [0.3, 0.4) is 0 Å². The molecule has 5 heteroatoms. The van der Waals surface area contributed by atoms with E-state index in [-0.39, 0.29) is 0 Å². The Morgan fingerprint density at radius 1 is 1.38 bits per heavy atom. The molecular weight excluding hydrogens is 247 g/mol. The van der Waals surface area contributed by atoms with Gasteiger partial charge in [0.05, 0.1) is 21.1 Å². The molecule has 0 saturated carbocycles. The Morgan fingerprint density at radius 3 is 2.69 bits per heavy atom. The van der Waals surface area contributed by atoms with Gasteiger partial charge in [0, 0.05) is 6.54 Å². The Hall–Kier alpha value is -1.32. The second kappa shape index (κ2) is 4.28. The third-order valence-corrected chi connectivity index (χ3v) is 2.96. The maximum atomic E-state index is 10.9. The van der Waals surface area contributed by atoms with Crippen molar-refractivity contribution in [2.45, 2.75) is 6.54 Å². The molecule has 0 spiro atoms. The van der Waals surface area contributed by atoms with Gasteiger partial charge in [-0.15, -0.1) is 6.58 Å². The van der Waals surface area contributed by atoms with Crippen molar-refractivity contribution in [3.8, 4) is 0 Å². The van der Waals surface area contributed by atoms with E-state index in [1.807, 2.05) is 0 Å². The van der Waals surface area contributed by atoms with Gasteiger partial charge >= 0.3 is 0 Å². The molecule has 2 rings (SSSR count). The summed E-state index contributed by atoms with van der Waals surface area (Å²) in [5.74, 6) is 0.341. The largest absolute Gasteiger partial charge is 0.318 e. The monoisotopic (exact) mass is 254 g/mol. The predicted octanol–water partition coefficient (Wildman–Crippen LogP) is 3.34. The number of nitrogens with zero attached hydrogens (tertiary/aromatic N) is 2. The van der Waals surface area contributed by atoms with Crippen molar-refractivity contribution in [1.29, 1.82) is 0 Å². The van der Waals surface area contributed by atoms with Gasteiger partial charge in [-0.25, -0.2) is 4.98 Å². The summed E-state index contributed by atoms with van der Waals surface area (Å²) in [6.45, 7) is 4.14. The summed E-state index contributed by atoms with van der Waals surface area (Å²) in [5.41, 5.74) is 1.43. The molecule has 0 aliphatic heterocycles. The molecule has 3 nitrogen and oxygen atoms in total. The van der Waals surface area contributed by atoms with Crippen molar-refractivity contribution in [2.24, 2.45) is 0 Å². The number of carbonyl (C=O) groups is 1. The van der Waals surface area contributed by atoms with E-state index >= 15 is 0 Å². The van der Waals surface area contributed by atoms with E-state index < -0.39 is 0 Å². The molecule has 0 amide bonds. The fourth-order valence-corrected chi connectivity index (χ4v) is 1.87. The highest BCUT2D eigenvalue weighted by molar-refractivity contribution is 6.42. The van der Waals surface area contributed by atoms with Crippen molar-refractivity contribution in [3.63, 3.8) is 0 Å². The van der Waals surface area contributed by atoms with Crippen LogP contribution in [-0.4, -0.2) is 15.8 Å². The van der Waals surface area contributed by atoms with Gasteiger partial charge in [0.2, 0.25) is 0 Å². The third kappa shape index (κ3) is 1.72. The molecule has 0 bridgehead atoms. The van der Waals surface area contributed by atoms with E-state index in [4.69, 9.17) is 23.2 Å². The van der Waals surface area contributed by atoms with E-state index in [9.17, 15) is 4.79 Å². The van der Waals surface area contributed by atoms with Crippen LogP contribution < -0.4 is 0 Å². The predicted molar refractivity (Wildman–Crippen MR) is 65.3 cm³/mol. The van der Waals surface area contributed by atoms with Crippen molar-refractivity contribution >= 4 is 40.5 Å². The Labute approximate surface area is 102 Å². The minimum atomic E-state index is 0.341. The van der Waals surface area contributed by atoms with Crippen LogP contribution in [0.15, 0.2) is 24.8 Å². The van der Waals surface area contributed by atoms with E-state index in [0.717, 1.165) is 5.52 Å². The number of aldehydes is 1. The van der Waals surface area contributed by atoms with Crippen molar-refractivity contribution < 1.29 is 4.79 Å². The molecule has 0 aliphatic carbocycles. The van der Waals surface area contributed by atoms with E-state index in [1.54, 1.807) is 22.8 Å². The Balaban J connectivity index is 2.78. The lowest BCUT2D eigenvalue weighted by Crippen LogP contribution is -2.00. The Kier molecular flexibility index (Phi) is 2.99. The molecular formula is C11H8Cl2N2O. The number of hydrogen-bond acceptors (Lipinski definition) is 2. The lowest BCUT2D eigenvalue weighted by atomic mass is 10.3. The zero-order valence-corrected chi connectivity index (χ0v) is 9.79. The number of aromatic nitrogens is 2. The summed E-state index contributed by atoms with van der Waals surface area (Å²) in [4.78, 5) is 15.0. The molecule has 1 heterocycles. The van der Waals surface area contributed by atoms with Crippen LogP contribution in [0.25, 0.3) is 11.0 Å². The summed E-state index contributed by atoms with van der Waals surface area (Å²) < 4.78 is 1.73. The first-order chi connectivity index (χ1) is 7.67. The average Bonchev–Trinajstić information content (AvgIpc) is 2.58. The molecule has 0 atom stereocenters. The minimum Gasteiger partial charge on any atom is -0.318 e. The van der Waals surface area contributed by atoms with Crippen molar-refractivity contribution in [1.82, 2.24) is 9.55 Å². The van der Waals surface area contributed by atoms with Gasteiger partial charge in [0.25, 0.3) is 0 Å². The number of allylic oxidation sites excluding steroid dienone is 1. The van der Waals surface area contributed by atoms with Crippen LogP contribution in [-0.2, 0) is 6.54 Å². The van der Waals surface area contributed by atoms with Crippen LogP contribution in [0.1, 0.15) is 10.6 Å². The summed E-state index contributed by atoms with van der Waals surface area (Å²) in [6, 6.07) is 3.34. The number of hydrogen-bond donors (Lipinski definition) is 0. The SMILES string of the molecule is C=CCn1c(C=O)nc2cc(Cl)c(Cl)cc21. The smallest absolute Gasteiger partial charge is 0.185 e. The van der Waals surface area contributed by atoms with Gasteiger partial charge in [-0.3, -0.25) is 4.79 Å². The fourth-order valence-electron chi connectivity index (χ4n) is 1.55. The number of halogens is 2. The molecule has 82 valence electrons. The maximum absolute atomic E-state index is 10.9. The number of benzene rings is 1. The van der Waals surface area contributed by atoms with Gasteiger partial charge in [-0.05, 0) is 12.1 Å². The number of carbonyl (C=O) groups excluding carboxylic acids is 1. The van der Waals surface area contributed by atoms with Gasteiger partial charge in [-0.2, -0.15) is 0 Å². The first-order valence-electron chi connectivity index (χ1n) is 4.58. The van der Waals surface area contributed by atoms with E-state index in [0.29, 0.717) is 34.2 Å². The molecule has 2 aromatic rings. The summed E-state index contributed by atoms with van der Waals surface area (Å²) in [6.07, 6.45) is 2.39. The van der Waals surface area contributed by atoms with Crippen LogP contribution in [0.5, 0.6) is 0 Å². The average molecular weight is 255 g/mol. The lowest BCUT2D eigenvalue weighted by molar-refractivity contribution is 0.111. The third-order valence-electron chi connectivity index (χ3n) is 2.24. The summed E-state index contributed by atoms with van der Waals surface area (Å²) in [5, 5.41) is 0.867. The van der Waals surface area contributed by atoms with Gasteiger partial charge in [0.1, 0.15) is 0 Å². The Morgan fingerprint density at radius 2 is 2.06 bits per heavy atom. The van der Waals surface area contributed by atoms with E-state index in [1.165, 1.54) is 0 Å². The minimum absolute atomic E-state index is 0.341. The first kappa shape index (κ1) is 11.2. The van der Waals surface area contributed by atoms with Crippen LogP contribution >= 0.6 is 23.2 Å². The fraction of sp³-hybridized carbons (Fsp3) is 0.0909. The normalized spacial score (nSPS) is 10.6. The first-order valence-corrected chi connectivity index (χ1v) is 5.34. The van der Waals surface area contributed by atoms with Gasteiger partial charge < -0.3 is 4.57 Å². The van der Waals surface area contributed by atoms with Gasteiger partial charge in [0.15, 0.2) is 12.1 Å². The molecule has 1 aromatic heterocycles. The Bertz CT molecular complexity index is 575.